The summed E-state index contributed by atoms with van der Waals surface area (Å²) in [7, 11) is 1.61. The van der Waals surface area contributed by atoms with Gasteiger partial charge in [-0.2, -0.15) is 10.2 Å². The molecule has 1 N–H and O–H groups in total. The number of nitrogens with one attached hydrogen (secondary N) is 1. The number of hydrogen-bond acceptors (Lipinski definition) is 5. The maximum Gasteiger partial charge on any atom is 0.232 e. The highest BCUT2D eigenvalue weighted by atomic mass is 35.5. The van der Waals surface area contributed by atoms with Gasteiger partial charge in [0, 0.05) is 23.7 Å². The lowest BCUT2D eigenvalue weighted by Crippen LogP contribution is -2.20. The first-order valence-corrected chi connectivity index (χ1v) is 6.44. The predicted molar refractivity (Wildman–Crippen MR) is 76.6 cm³/mol. The van der Waals surface area contributed by atoms with E-state index in [9.17, 15) is 0 Å². The number of anilines is 1. The Morgan fingerprint density at radius 2 is 2.15 bits per heavy atom. The quantitative estimate of drug-likeness (QED) is 0.915. The Hall–Kier alpha value is -2.03. The molecule has 20 heavy (non-hydrogen) atoms. The van der Waals surface area contributed by atoms with Crippen molar-refractivity contribution < 1.29 is 9.15 Å². The third-order valence-corrected chi connectivity index (χ3v) is 2.87. The first kappa shape index (κ1) is 14.4. The fraction of sp³-hybridized carbons (Fsp3) is 0.286. The number of nitrogens with zero attached hydrogens (tertiary/aromatic N) is 2. The van der Waals surface area contributed by atoms with Crippen molar-refractivity contribution in [2.24, 2.45) is 0 Å². The highest BCUT2D eigenvalue weighted by molar-refractivity contribution is 6.30. The number of aromatic nitrogens is 1. The van der Waals surface area contributed by atoms with Crippen LogP contribution in [-0.4, -0.2) is 24.7 Å². The first-order valence-electron chi connectivity index (χ1n) is 6.06. The minimum absolute atomic E-state index is 0.0121. The molecule has 0 amide bonds. The SMILES string of the molecule is COCC(C)Nc1oc(-c2ccc(Cl)cc2)nc1C#N. The molecule has 0 aliphatic heterocycles. The van der Waals surface area contributed by atoms with E-state index in [0.717, 1.165) is 5.56 Å². The highest BCUT2D eigenvalue weighted by Gasteiger charge is 2.16. The fourth-order valence-corrected chi connectivity index (χ4v) is 1.85. The minimum atomic E-state index is 0.0121. The minimum Gasteiger partial charge on any atom is -0.419 e. The van der Waals surface area contributed by atoms with E-state index in [4.69, 9.17) is 26.0 Å². The zero-order valence-corrected chi connectivity index (χ0v) is 11.9. The monoisotopic (exact) mass is 291 g/mol. The van der Waals surface area contributed by atoms with E-state index in [0.29, 0.717) is 23.4 Å². The van der Waals surface area contributed by atoms with Crippen molar-refractivity contribution >= 4 is 17.5 Å². The molecule has 1 aromatic carbocycles. The number of ether oxygens (including phenoxy) is 1. The molecule has 0 saturated carbocycles. The van der Waals surface area contributed by atoms with Crippen molar-refractivity contribution in [2.45, 2.75) is 13.0 Å². The highest BCUT2D eigenvalue weighted by Crippen LogP contribution is 2.26. The van der Waals surface area contributed by atoms with Crippen molar-refractivity contribution in [3.8, 4) is 17.5 Å². The smallest absolute Gasteiger partial charge is 0.232 e. The van der Waals surface area contributed by atoms with Crippen molar-refractivity contribution in [2.75, 3.05) is 19.0 Å². The maximum atomic E-state index is 9.10. The summed E-state index contributed by atoms with van der Waals surface area (Å²) in [5.74, 6) is 0.729. The summed E-state index contributed by atoms with van der Waals surface area (Å²) in [6.07, 6.45) is 0. The Bertz CT molecular complexity index is 616. The molecule has 104 valence electrons. The molecule has 0 radical (unpaired) electrons. The van der Waals surface area contributed by atoms with Crippen molar-refractivity contribution in [3.63, 3.8) is 0 Å². The van der Waals surface area contributed by atoms with Gasteiger partial charge in [0.05, 0.1) is 6.61 Å². The van der Waals surface area contributed by atoms with Crippen LogP contribution in [0.1, 0.15) is 12.6 Å². The lowest BCUT2D eigenvalue weighted by Gasteiger charge is -2.10. The number of halogens is 1. The summed E-state index contributed by atoms with van der Waals surface area (Å²) < 4.78 is 10.6. The Morgan fingerprint density at radius 1 is 1.45 bits per heavy atom. The fourth-order valence-electron chi connectivity index (χ4n) is 1.73. The summed E-state index contributed by atoms with van der Waals surface area (Å²) >= 11 is 5.84. The summed E-state index contributed by atoms with van der Waals surface area (Å²) in [6.45, 7) is 2.43. The second-order valence-electron chi connectivity index (χ2n) is 4.32. The molecule has 0 aliphatic carbocycles. The zero-order valence-electron chi connectivity index (χ0n) is 11.2. The molecule has 2 rings (SSSR count). The summed E-state index contributed by atoms with van der Waals surface area (Å²) in [6, 6.07) is 9.09. The average Bonchev–Trinajstić information content (AvgIpc) is 2.82. The standard InChI is InChI=1S/C14H14ClN3O2/c1-9(8-19-2)17-14-12(7-16)18-13(20-14)10-3-5-11(15)6-4-10/h3-6,9,17H,8H2,1-2H3. The molecule has 5 nitrogen and oxygen atoms in total. The molecule has 0 bridgehead atoms. The van der Waals surface area contributed by atoms with E-state index >= 15 is 0 Å². The van der Waals surface area contributed by atoms with Gasteiger partial charge in [-0.05, 0) is 31.2 Å². The van der Waals surface area contributed by atoms with Crippen LogP contribution in [0.3, 0.4) is 0 Å². The van der Waals surface area contributed by atoms with Gasteiger partial charge in [0.2, 0.25) is 17.5 Å². The topological polar surface area (TPSA) is 71.1 Å². The molecule has 0 saturated heterocycles. The largest absolute Gasteiger partial charge is 0.419 e. The van der Waals surface area contributed by atoms with E-state index in [1.807, 2.05) is 13.0 Å². The Kier molecular flexibility index (Phi) is 4.61. The van der Waals surface area contributed by atoms with E-state index in [1.54, 1.807) is 31.4 Å². The van der Waals surface area contributed by atoms with Crippen molar-refractivity contribution in [1.29, 1.82) is 5.26 Å². The summed E-state index contributed by atoms with van der Waals surface area (Å²) in [5.41, 5.74) is 0.983. The van der Waals surface area contributed by atoms with Crippen LogP contribution in [0, 0.1) is 11.3 Å². The molecule has 1 heterocycles. The van der Waals surface area contributed by atoms with Gasteiger partial charge in [-0.25, -0.2) is 0 Å². The third-order valence-electron chi connectivity index (χ3n) is 2.62. The normalized spacial score (nSPS) is 11.9. The molecule has 2 aromatic rings. The van der Waals surface area contributed by atoms with Crippen LogP contribution >= 0.6 is 11.6 Å². The molecule has 0 fully saturated rings. The average molecular weight is 292 g/mol. The third kappa shape index (κ3) is 3.29. The van der Waals surface area contributed by atoms with E-state index in [1.165, 1.54) is 0 Å². The van der Waals surface area contributed by atoms with Gasteiger partial charge in [-0.3, -0.25) is 0 Å². The Morgan fingerprint density at radius 3 is 2.75 bits per heavy atom. The zero-order chi connectivity index (χ0) is 14.5. The first-order chi connectivity index (χ1) is 9.63. The molecule has 0 aliphatic rings. The van der Waals surface area contributed by atoms with Crippen molar-refractivity contribution in [1.82, 2.24) is 4.98 Å². The lowest BCUT2D eigenvalue weighted by atomic mass is 10.2. The van der Waals surface area contributed by atoms with E-state index in [-0.39, 0.29) is 11.7 Å². The number of rotatable bonds is 5. The molecule has 1 aromatic heterocycles. The molecule has 1 unspecified atom stereocenters. The molecule has 1 atom stereocenters. The van der Waals surface area contributed by atoms with E-state index < -0.39 is 0 Å². The Balaban J connectivity index is 2.27. The molecule has 0 spiro atoms. The van der Waals surface area contributed by atoms with Crippen LogP contribution in [-0.2, 0) is 4.74 Å². The Labute approximate surface area is 122 Å². The second kappa shape index (κ2) is 6.42. The van der Waals surface area contributed by atoms with Crippen LogP contribution in [0.25, 0.3) is 11.5 Å². The number of benzene rings is 1. The van der Waals surface area contributed by atoms with Crippen LogP contribution < -0.4 is 5.32 Å². The lowest BCUT2D eigenvalue weighted by molar-refractivity contribution is 0.189. The van der Waals surface area contributed by atoms with Gasteiger partial charge >= 0.3 is 0 Å². The molecular weight excluding hydrogens is 278 g/mol. The van der Waals surface area contributed by atoms with Gasteiger partial charge in [-0.15, -0.1) is 0 Å². The number of methoxy groups -OCH3 is 1. The van der Waals surface area contributed by atoms with Gasteiger partial charge in [0.15, 0.2) is 0 Å². The van der Waals surface area contributed by atoms with Crippen molar-refractivity contribution in [3.05, 3.63) is 35.0 Å². The van der Waals surface area contributed by atoms with Gasteiger partial charge in [0.1, 0.15) is 6.07 Å². The predicted octanol–water partition coefficient (Wildman–Crippen LogP) is 3.31. The van der Waals surface area contributed by atoms with Gasteiger partial charge in [0.25, 0.3) is 0 Å². The van der Waals surface area contributed by atoms with Gasteiger partial charge in [-0.1, -0.05) is 11.6 Å². The second-order valence-corrected chi connectivity index (χ2v) is 4.75. The van der Waals surface area contributed by atoms with Crippen LogP contribution in [0.2, 0.25) is 5.02 Å². The number of hydrogen-bond donors (Lipinski definition) is 1. The van der Waals surface area contributed by atoms with E-state index in [2.05, 4.69) is 10.3 Å². The molecular formula is C14H14ClN3O2. The molecule has 6 heteroatoms. The van der Waals surface area contributed by atoms with Crippen LogP contribution in [0.4, 0.5) is 5.88 Å². The van der Waals surface area contributed by atoms with Crippen LogP contribution in [0.5, 0.6) is 0 Å². The summed E-state index contributed by atoms with van der Waals surface area (Å²) in [4.78, 5) is 4.17. The van der Waals surface area contributed by atoms with Crippen LogP contribution in [0.15, 0.2) is 28.7 Å². The number of oxazole rings is 1. The van der Waals surface area contributed by atoms with Gasteiger partial charge < -0.3 is 14.5 Å². The summed E-state index contributed by atoms with van der Waals surface area (Å²) in [5, 5.41) is 12.8. The maximum absolute atomic E-state index is 9.10. The number of nitriles is 1.